The van der Waals surface area contributed by atoms with Gasteiger partial charge in [0.1, 0.15) is 0 Å². The van der Waals surface area contributed by atoms with Crippen molar-refractivity contribution in [3.63, 3.8) is 0 Å². The van der Waals surface area contributed by atoms with Crippen LogP contribution in [0.15, 0.2) is 0 Å². The quantitative estimate of drug-likeness (QED) is 0.416. The van der Waals surface area contributed by atoms with Crippen molar-refractivity contribution < 1.29 is 14.9 Å². The third-order valence-electron chi connectivity index (χ3n) is 2.05. The van der Waals surface area contributed by atoms with Crippen molar-refractivity contribution in [3.8, 4) is 0 Å². The Bertz CT molecular complexity index is 176. The van der Waals surface area contributed by atoms with Crippen LogP contribution in [0.5, 0.6) is 0 Å². The topological polar surface area (TPSA) is 49.7 Å². The first kappa shape index (κ1) is 6.70. The van der Waals surface area contributed by atoms with Gasteiger partial charge in [-0.2, -0.15) is 0 Å². The van der Waals surface area contributed by atoms with E-state index >= 15 is 0 Å². The molecule has 0 aliphatic carbocycles. The molecule has 2 aliphatic rings. The Labute approximate surface area is 60.1 Å². The Hall–Kier alpha value is 0.00987. The number of hydrogen-bond donors (Lipinski definition) is 2. The number of aliphatic hydroxyl groups is 2. The molecule has 1 spiro atoms. The molecule has 0 aromatic heterocycles. The average molecular weight is 138 g/mol. The molecule has 0 saturated carbocycles. The van der Waals surface area contributed by atoms with Gasteiger partial charge in [0.05, 0.1) is 0 Å². The van der Waals surface area contributed by atoms with Crippen molar-refractivity contribution in [2.75, 3.05) is 6.61 Å². The molecule has 0 bridgehead atoms. The van der Waals surface area contributed by atoms with E-state index in [1.54, 1.807) is 0 Å². The van der Waals surface area contributed by atoms with E-state index in [-0.39, 0.29) is 18.1 Å². The Kier molecular flexibility index (Phi) is 1.34. The maximum atomic E-state index is 9.24. The summed E-state index contributed by atoms with van der Waals surface area (Å²) in [6.07, 6.45) is -0.270. The van der Waals surface area contributed by atoms with Gasteiger partial charge in [-0.1, -0.05) is 0 Å². The Balaban J connectivity index is 2.01. The molecule has 0 aromatic carbocycles. The summed E-state index contributed by atoms with van der Waals surface area (Å²) in [6.45, 7) is 3.72. The number of rotatable bonds is 1. The Morgan fingerprint density at radius 1 is 1.60 bits per heavy atom. The summed E-state index contributed by atoms with van der Waals surface area (Å²) in [5, 5.41) is 17.7. The first-order valence-corrected chi connectivity index (χ1v) is 3.43. The molecule has 0 aromatic rings. The molecule has 0 amide bonds. The molecule has 2 N–H and O–H groups in total. The van der Waals surface area contributed by atoms with Crippen molar-refractivity contribution in [2.24, 2.45) is 0 Å². The fourth-order valence-corrected chi connectivity index (χ4v) is 1.33. The zero-order valence-corrected chi connectivity index (χ0v) is 5.53. The van der Waals surface area contributed by atoms with Gasteiger partial charge in [0.25, 0.3) is 0 Å². The van der Waals surface area contributed by atoms with Crippen molar-refractivity contribution >= 4 is 13.6 Å². The van der Waals surface area contributed by atoms with Crippen LogP contribution in [-0.4, -0.2) is 48.0 Å². The van der Waals surface area contributed by atoms with Crippen molar-refractivity contribution in [2.45, 2.75) is 24.0 Å². The summed E-state index contributed by atoms with van der Waals surface area (Å²) >= 11 is 0. The van der Waals surface area contributed by atoms with Gasteiger partial charge in [0, 0.05) is 0 Å². The van der Waals surface area contributed by atoms with E-state index in [0.717, 1.165) is 0 Å². The normalized spacial score (nSPS) is 39.4. The zero-order valence-electron chi connectivity index (χ0n) is 5.53. The van der Waals surface area contributed by atoms with Crippen molar-refractivity contribution in [3.05, 3.63) is 0 Å². The van der Waals surface area contributed by atoms with Crippen LogP contribution in [0.1, 0.15) is 6.42 Å². The molecular formula is C5H8B2O3. The monoisotopic (exact) mass is 138 g/mol. The summed E-state index contributed by atoms with van der Waals surface area (Å²) in [5.41, 5.74) is 0. The predicted octanol–water partition coefficient (Wildman–Crippen LogP) is -1.88. The van der Waals surface area contributed by atoms with Crippen LogP contribution < -0.4 is 0 Å². The summed E-state index contributed by atoms with van der Waals surface area (Å²) < 4.78 is 5.31. The number of hydrogen-bond acceptors (Lipinski definition) is 3. The first-order valence-electron chi connectivity index (χ1n) is 3.43. The van der Waals surface area contributed by atoms with Crippen LogP contribution in [0, 0.1) is 0 Å². The van der Waals surface area contributed by atoms with E-state index in [2.05, 4.69) is 0 Å². The number of ether oxygens (including phenoxy) is 1. The molecule has 10 heavy (non-hydrogen) atoms. The van der Waals surface area contributed by atoms with E-state index in [4.69, 9.17) is 9.84 Å². The van der Waals surface area contributed by atoms with Crippen LogP contribution in [-0.2, 0) is 4.74 Å². The molecule has 3 nitrogen and oxygen atoms in total. The Morgan fingerprint density at radius 2 is 2.30 bits per heavy atom. The van der Waals surface area contributed by atoms with Gasteiger partial charge in [-0.05, 0) is 0 Å². The van der Waals surface area contributed by atoms with Gasteiger partial charge in [-0.15, -0.1) is 0 Å². The Morgan fingerprint density at radius 3 is 2.60 bits per heavy atom. The van der Waals surface area contributed by atoms with Crippen LogP contribution in [0.3, 0.4) is 0 Å². The van der Waals surface area contributed by atoms with Crippen LogP contribution in [0.2, 0.25) is 0 Å². The molecule has 2 aliphatic heterocycles. The van der Waals surface area contributed by atoms with E-state index in [9.17, 15) is 5.11 Å². The van der Waals surface area contributed by atoms with Crippen molar-refractivity contribution in [1.29, 1.82) is 0 Å². The average Bonchev–Trinajstić information content (AvgIpc) is 2.55. The fraction of sp³-hybridized carbons (Fsp3) is 1.00. The van der Waals surface area contributed by atoms with E-state index in [1.807, 2.05) is 13.6 Å². The van der Waals surface area contributed by atoms with Gasteiger partial charge in [-0.25, -0.2) is 0 Å². The summed E-state index contributed by atoms with van der Waals surface area (Å²) in [6, 6.07) is 0. The minimum atomic E-state index is -0.500. The molecule has 52 valence electrons. The third-order valence-corrected chi connectivity index (χ3v) is 2.05. The molecule has 5 heteroatoms. The van der Waals surface area contributed by atoms with Crippen LogP contribution in [0.25, 0.3) is 0 Å². The molecule has 0 unspecified atom stereocenters. The van der Waals surface area contributed by atoms with E-state index in [0.29, 0.717) is 6.42 Å². The van der Waals surface area contributed by atoms with Gasteiger partial charge in [0.2, 0.25) is 0 Å². The molecule has 2 rings (SSSR count). The summed E-state index contributed by atoms with van der Waals surface area (Å²) in [5.74, 6) is 0. The van der Waals surface area contributed by atoms with Crippen LogP contribution in [0.4, 0.5) is 0 Å². The molecule has 2 heterocycles. The molecule has 1 fully saturated rings. The van der Waals surface area contributed by atoms with Crippen LogP contribution >= 0.6 is 0 Å². The van der Waals surface area contributed by atoms with Crippen molar-refractivity contribution in [1.82, 2.24) is 0 Å². The second-order valence-corrected chi connectivity index (χ2v) is 2.90. The zero-order chi connectivity index (χ0) is 7.19. The van der Waals surface area contributed by atoms with Gasteiger partial charge < -0.3 is 0 Å². The van der Waals surface area contributed by atoms with Gasteiger partial charge in [0.15, 0.2) is 0 Å². The number of aliphatic hydroxyl groups excluding tert-OH is 2. The predicted molar refractivity (Wildman–Crippen MR) is 36.8 cm³/mol. The first-order chi connectivity index (χ1) is 4.76. The summed E-state index contributed by atoms with van der Waals surface area (Å²) in [7, 11) is 0. The van der Waals surface area contributed by atoms with E-state index < -0.39 is 6.10 Å². The van der Waals surface area contributed by atoms with E-state index in [1.165, 1.54) is 0 Å². The maximum absolute atomic E-state index is 9.24. The fourth-order valence-electron chi connectivity index (χ4n) is 1.33. The minimum absolute atomic E-state index is 0.0927. The summed E-state index contributed by atoms with van der Waals surface area (Å²) in [4.78, 5) is 0. The molecule has 2 atom stereocenters. The molecule has 0 radical (unpaired) electrons. The molecule has 1 saturated heterocycles. The molecular weight excluding hydrogens is 130 g/mol. The van der Waals surface area contributed by atoms with Gasteiger partial charge >= 0.3 is 59.2 Å². The standard InChI is InChI=1S/C5H8B2O3/c8-2-4-3(9)1-5(10-4)6-7-5/h3-4,8-9H,1-2H2/t3-,4-/m1/s1. The third kappa shape index (κ3) is 0.892. The second kappa shape index (κ2) is 2.00. The van der Waals surface area contributed by atoms with Gasteiger partial charge in [-0.3, -0.25) is 0 Å². The SMILES string of the molecule is OC[C@H]1OC2(B=B2)C[C@H]1O. The second-order valence-electron chi connectivity index (χ2n) is 2.90.